The largest absolute Gasteiger partial charge is 0.494 e. The van der Waals surface area contributed by atoms with Crippen molar-refractivity contribution in [2.45, 2.75) is 11.8 Å². The van der Waals surface area contributed by atoms with Gasteiger partial charge >= 0.3 is 0 Å². The van der Waals surface area contributed by atoms with Gasteiger partial charge in [-0.25, -0.2) is 4.98 Å². The zero-order valence-corrected chi connectivity index (χ0v) is 26.9. The molecule has 0 fully saturated rings. The number of thiazole rings is 1. The van der Waals surface area contributed by atoms with Gasteiger partial charge in [-0.15, -0.1) is 11.8 Å². The van der Waals surface area contributed by atoms with E-state index in [1.165, 1.54) is 29.2 Å². The van der Waals surface area contributed by atoms with Crippen LogP contribution >= 0.6 is 46.3 Å². The van der Waals surface area contributed by atoms with E-state index in [0.717, 1.165) is 20.9 Å². The van der Waals surface area contributed by atoms with E-state index in [1.807, 2.05) is 25.1 Å². The fourth-order valence-corrected chi connectivity index (χ4v) is 6.20. The third-order valence-corrected chi connectivity index (χ3v) is 8.82. The van der Waals surface area contributed by atoms with E-state index in [-0.39, 0.29) is 17.4 Å². The minimum atomic E-state index is -0.570. The number of hydrogen-bond acceptors (Lipinski definition) is 7. The minimum absolute atomic E-state index is 0.0436. The Morgan fingerprint density at radius 1 is 0.911 bits per heavy atom. The number of carbonyl (C=O) groups is 3. The van der Waals surface area contributed by atoms with E-state index in [0.29, 0.717) is 38.6 Å². The van der Waals surface area contributed by atoms with Crippen LogP contribution in [-0.4, -0.2) is 35.1 Å². The van der Waals surface area contributed by atoms with Gasteiger partial charge in [0, 0.05) is 31.8 Å². The van der Waals surface area contributed by atoms with E-state index in [4.69, 9.17) is 27.9 Å². The predicted molar refractivity (Wildman–Crippen MR) is 184 cm³/mol. The van der Waals surface area contributed by atoms with Gasteiger partial charge in [-0.3, -0.25) is 14.4 Å². The van der Waals surface area contributed by atoms with Gasteiger partial charge in [-0.05, 0) is 79.7 Å². The molecule has 4 aromatic carbocycles. The highest BCUT2D eigenvalue weighted by Crippen LogP contribution is 2.30. The third kappa shape index (κ3) is 8.64. The first kappa shape index (κ1) is 32.1. The molecule has 228 valence electrons. The number of thioether (sulfide) groups is 1. The van der Waals surface area contributed by atoms with Crippen molar-refractivity contribution in [3.05, 3.63) is 118 Å². The number of fused-ring (bicyclic) bond motifs is 1. The van der Waals surface area contributed by atoms with E-state index in [2.05, 4.69) is 20.9 Å². The van der Waals surface area contributed by atoms with Gasteiger partial charge < -0.3 is 20.7 Å². The van der Waals surface area contributed by atoms with Crippen LogP contribution in [0.2, 0.25) is 10.0 Å². The van der Waals surface area contributed by atoms with Crippen molar-refractivity contribution >= 4 is 91.1 Å². The second-order valence-corrected chi connectivity index (χ2v) is 12.3. The summed E-state index contributed by atoms with van der Waals surface area (Å²) in [5, 5.41) is 9.48. The van der Waals surface area contributed by atoms with Crippen molar-refractivity contribution in [2.75, 3.05) is 23.0 Å². The maximum Gasteiger partial charge on any atom is 0.272 e. The highest BCUT2D eigenvalue weighted by atomic mass is 35.5. The molecule has 0 radical (unpaired) electrons. The average molecular weight is 678 g/mol. The molecule has 0 spiro atoms. The fraction of sp³-hybridized carbons (Fsp3) is 0.0909. The van der Waals surface area contributed by atoms with Crippen molar-refractivity contribution in [3.8, 4) is 5.75 Å². The number of nitrogens with one attached hydrogen (secondary N) is 3. The SMILES string of the molecule is CCOc1ccc2nc(NC(=O)CSc3ccc(NC(=O)/C(=C/c4c(Cl)cccc4Cl)NC(=O)c4ccccc4)cc3)sc2c1. The lowest BCUT2D eigenvalue weighted by Gasteiger charge is -2.13. The number of carbonyl (C=O) groups excluding carboxylic acids is 3. The molecule has 1 aromatic heterocycles. The van der Waals surface area contributed by atoms with Crippen molar-refractivity contribution in [3.63, 3.8) is 0 Å². The zero-order chi connectivity index (χ0) is 31.8. The number of rotatable bonds is 11. The average Bonchev–Trinajstić information content (AvgIpc) is 3.44. The standard InChI is InChI=1S/C33H26Cl2N4O4S2/c1-2-43-22-13-16-27-29(17-22)45-33(38-27)39-30(40)19-44-23-14-11-21(12-15-23)36-32(42)28(18-24-25(34)9-6-10-26(24)35)37-31(41)20-7-4-3-5-8-20/h3-18H,2,19H2,1H3,(H,36,42)(H,37,41)(H,38,39,40)/b28-18-. The quantitative estimate of drug-likeness (QED) is 0.0962. The van der Waals surface area contributed by atoms with Crippen LogP contribution in [0.25, 0.3) is 16.3 Å². The van der Waals surface area contributed by atoms with Crippen LogP contribution in [0.5, 0.6) is 5.75 Å². The Balaban J connectivity index is 1.22. The summed E-state index contributed by atoms with van der Waals surface area (Å²) in [7, 11) is 0. The van der Waals surface area contributed by atoms with Gasteiger partial charge in [0.25, 0.3) is 11.8 Å². The number of halogens is 2. The summed E-state index contributed by atoms with van der Waals surface area (Å²) in [6.07, 6.45) is 1.44. The summed E-state index contributed by atoms with van der Waals surface area (Å²) in [6, 6.07) is 26.1. The number of hydrogen-bond donors (Lipinski definition) is 3. The summed E-state index contributed by atoms with van der Waals surface area (Å²) >= 11 is 15.4. The van der Waals surface area contributed by atoms with Crippen molar-refractivity contribution in [1.82, 2.24) is 10.3 Å². The Morgan fingerprint density at radius 3 is 2.36 bits per heavy atom. The summed E-state index contributed by atoms with van der Waals surface area (Å²) in [4.78, 5) is 44.1. The normalized spacial score (nSPS) is 11.2. The first-order chi connectivity index (χ1) is 21.8. The van der Waals surface area contributed by atoms with E-state index >= 15 is 0 Å². The molecular weight excluding hydrogens is 651 g/mol. The highest BCUT2D eigenvalue weighted by molar-refractivity contribution is 8.00. The van der Waals surface area contributed by atoms with Crippen molar-refractivity contribution in [1.29, 1.82) is 0 Å². The Hall–Kier alpha value is -4.35. The number of nitrogens with zero attached hydrogens (tertiary/aromatic N) is 1. The fourth-order valence-electron chi connectivity index (χ4n) is 4.09. The highest BCUT2D eigenvalue weighted by Gasteiger charge is 2.17. The zero-order valence-electron chi connectivity index (χ0n) is 23.8. The van der Waals surface area contributed by atoms with Gasteiger partial charge in [0.1, 0.15) is 11.4 Å². The van der Waals surface area contributed by atoms with Crippen LogP contribution < -0.4 is 20.7 Å². The third-order valence-electron chi connectivity index (χ3n) is 6.22. The van der Waals surface area contributed by atoms with Gasteiger partial charge in [0.15, 0.2) is 5.13 Å². The molecule has 0 unspecified atom stereocenters. The number of anilines is 2. The molecule has 0 saturated heterocycles. The van der Waals surface area contributed by atoms with Crippen LogP contribution in [0.4, 0.5) is 10.8 Å². The molecule has 0 aliphatic rings. The molecule has 12 heteroatoms. The van der Waals surface area contributed by atoms with Gasteiger partial charge in [0.05, 0.1) is 22.6 Å². The number of benzene rings is 4. The molecule has 0 aliphatic carbocycles. The molecule has 8 nitrogen and oxygen atoms in total. The molecule has 0 saturated carbocycles. The molecule has 5 aromatic rings. The Kier molecular flexibility index (Phi) is 10.7. The first-order valence-corrected chi connectivity index (χ1v) is 16.2. The van der Waals surface area contributed by atoms with E-state index < -0.39 is 11.8 Å². The summed E-state index contributed by atoms with van der Waals surface area (Å²) in [5.41, 5.74) is 2.01. The van der Waals surface area contributed by atoms with E-state index in [1.54, 1.807) is 72.8 Å². The van der Waals surface area contributed by atoms with Gasteiger partial charge in [0.2, 0.25) is 5.91 Å². The number of amides is 3. The monoisotopic (exact) mass is 676 g/mol. The van der Waals surface area contributed by atoms with Crippen LogP contribution in [-0.2, 0) is 9.59 Å². The van der Waals surface area contributed by atoms with E-state index in [9.17, 15) is 14.4 Å². The lowest BCUT2D eigenvalue weighted by atomic mass is 10.1. The molecule has 0 bridgehead atoms. The number of ether oxygens (including phenoxy) is 1. The predicted octanol–water partition coefficient (Wildman–Crippen LogP) is 8.14. The molecular formula is C33H26Cl2N4O4S2. The molecule has 0 aliphatic heterocycles. The molecule has 0 atom stereocenters. The van der Waals surface area contributed by atoms with Gasteiger partial charge in [-0.1, -0.05) is 58.8 Å². The maximum atomic E-state index is 13.3. The second-order valence-electron chi connectivity index (χ2n) is 9.41. The van der Waals surface area contributed by atoms with Crippen LogP contribution in [0.1, 0.15) is 22.8 Å². The van der Waals surface area contributed by atoms with Crippen LogP contribution in [0.15, 0.2) is 102 Å². The topological polar surface area (TPSA) is 109 Å². The Labute approximate surface area is 277 Å². The summed E-state index contributed by atoms with van der Waals surface area (Å²) in [6.45, 7) is 2.49. The van der Waals surface area contributed by atoms with Gasteiger partial charge in [-0.2, -0.15) is 0 Å². The number of aromatic nitrogens is 1. The Morgan fingerprint density at radius 2 is 1.64 bits per heavy atom. The second kappa shape index (κ2) is 15.1. The molecule has 3 N–H and O–H groups in total. The minimum Gasteiger partial charge on any atom is -0.494 e. The lowest BCUT2D eigenvalue weighted by Crippen LogP contribution is -2.30. The first-order valence-electron chi connectivity index (χ1n) is 13.7. The van der Waals surface area contributed by atoms with Crippen molar-refractivity contribution in [2.24, 2.45) is 0 Å². The summed E-state index contributed by atoms with van der Waals surface area (Å²) in [5.74, 6) is -0.298. The lowest BCUT2D eigenvalue weighted by molar-refractivity contribution is -0.114. The molecule has 45 heavy (non-hydrogen) atoms. The maximum absolute atomic E-state index is 13.3. The smallest absolute Gasteiger partial charge is 0.272 e. The van der Waals surface area contributed by atoms with Crippen molar-refractivity contribution < 1.29 is 19.1 Å². The summed E-state index contributed by atoms with van der Waals surface area (Å²) < 4.78 is 6.46. The molecule has 3 amide bonds. The van der Waals surface area contributed by atoms with Crippen LogP contribution in [0, 0.1) is 0 Å². The Bertz CT molecular complexity index is 1860. The molecule has 1 heterocycles. The van der Waals surface area contributed by atoms with Crippen LogP contribution in [0.3, 0.4) is 0 Å². The molecule has 5 rings (SSSR count).